The number of nitrogens with zero attached hydrogens (tertiary/aromatic N) is 3. The summed E-state index contributed by atoms with van der Waals surface area (Å²) in [6, 6.07) is 26.9. The zero-order valence-electron chi connectivity index (χ0n) is 23.1. The molecule has 2 bridgehead atoms. The predicted molar refractivity (Wildman–Crippen MR) is 168 cm³/mol. The molecule has 0 radical (unpaired) electrons. The number of hydrogen-bond acceptors (Lipinski definition) is 7. The Morgan fingerprint density at radius 1 is 0.929 bits per heavy atom. The van der Waals surface area contributed by atoms with Crippen molar-refractivity contribution in [3.8, 4) is 0 Å². The second kappa shape index (κ2) is 10.9. The maximum absolute atomic E-state index is 14.3. The minimum absolute atomic E-state index is 0.309. The van der Waals surface area contributed by atoms with Gasteiger partial charge >= 0.3 is 251 Å². The number of carbonyl (C=O) groups is 1. The molecule has 3 aromatic carbocycles. The van der Waals surface area contributed by atoms with Gasteiger partial charge in [-0.1, -0.05) is 0 Å². The van der Waals surface area contributed by atoms with Crippen LogP contribution in [0.4, 0.5) is 4.79 Å². The molecule has 0 N–H and O–H groups in total. The molecule has 1 fully saturated rings. The van der Waals surface area contributed by atoms with Gasteiger partial charge < -0.3 is 0 Å². The molecule has 2 amide bonds. The summed E-state index contributed by atoms with van der Waals surface area (Å²) in [4.78, 5) is 19.4. The van der Waals surface area contributed by atoms with E-state index in [2.05, 4.69) is 4.98 Å². The molecule has 2 aliphatic rings. The third-order valence-corrected chi connectivity index (χ3v) is 15.8. The van der Waals surface area contributed by atoms with Gasteiger partial charge in [0.1, 0.15) is 0 Å². The standard InChI is InChI=1S/C31H30N3O5PS2/c1-3-20-40(25-13-7-4-8-14-25,26-15-9-5-10-16-26,27-17-11-6-12-18-27)39-42(36,37)38-34-29-23-33(31(34)35)22-28(24(29)2)30-32-19-21-41-30/h3-21,29H,22-23H2,1-2H3. The van der Waals surface area contributed by atoms with Crippen molar-refractivity contribution in [3.63, 3.8) is 0 Å². The summed E-state index contributed by atoms with van der Waals surface area (Å²) in [6.07, 6.45) is 3.52. The van der Waals surface area contributed by atoms with Crippen molar-refractivity contribution in [3.05, 3.63) is 125 Å². The number of rotatable bonds is 9. The van der Waals surface area contributed by atoms with Crippen LogP contribution in [0.25, 0.3) is 5.57 Å². The minimum atomic E-state index is -4.86. The van der Waals surface area contributed by atoms with Gasteiger partial charge in [0.25, 0.3) is 0 Å². The summed E-state index contributed by atoms with van der Waals surface area (Å²) < 4.78 is 40.8. The first-order chi connectivity index (χ1) is 20.3. The van der Waals surface area contributed by atoms with E-state index in [-0.39, 0.29) is 0 Å². The molecule has 8 nitrogen and oxygen atoms in total. The fourth-order valence-corrected chi connectivity index (χ4v) is 14.1. The van der Waals surface area contributed by atoms with Crippen LogP contribution in [0.15, 0.2) is 120 Å². The number of allylic oxidation sites excluding steroid dienone is 1. The molecule has 6 rings (SSSR count). The van der Waals surface area contributed by atoms with Crippen LogP contribution in [0.1, 0.15) is 18.9 Å². The van der Waals surface area contributed by atoms with E-state index in [0.29, 0.717) is 29.0 Å². The molecule has 0 spiro atoms. The van der Waals surface area contributed by atoms with Gasteiger partial charge in [-0.05, 0) is 0 Å². The molecule has 216 valence electrons. The van der Waals surface area contributed by atoms with Crippen molar-refractivity contribution in [2.45, 2.75) is 19.9 Å². The van der Waals surface area contributed by atoms with Gasteiger partial charge in [0.2, 0.25) is 0 Å². The Kier molecular flexibility index (Phi) is 7.37. The van der Waals surface area contributed by atoms with Crippen molar-refractivity contribution in [2.75, 3.05) is 13.1 Å². The molecule has 1 aromatic heterocycles. The van der Waals surface area contributed by atoms with Crippen molar-refractivity contribution < 1.29 is 21.5 Å². The third-order valence-electron chi connectivity index (χ3n) is 7.81. The van der Waals surface area contributed by atoms with Crippen LogP contribution in [0.2, 0.25) is 0 Å². The van der Waals surface area contributed by atoms with Gasteiger partial charge in [0.05, 0.1) is 0 Å². The van der Waals surface area contributed by atoms with E-state index < -0.39 is 29.3 Å². The average Bonchev–Trinajstić information content (AvgIpc) is 3.64. The summed E-state index contributed by atoms with van der Waals surface area (Å²) in [5.41, 5.74) is 1.73. The van der Waals surface area contributed by atoms with E-state index in [1.54, 1.807) is 11.1 Å². The van der Waals surface area contributed by atoms with E-state index in [1.165, 1.54) is 11.3 Å². The number of aromatic nitrogens is 1. The first-order valence-corrected chi connectivity index (χ1v) is 17.9. The number of benzene rings is 3. The Labute approximate surface area is 249 Å². The molecule has 2 aliphatic heterocycles. The molecule has 1 atom stereocenters. The number of fused-ring (bicyclic) bond motifs is 2. The molecule has 0 saturated carbocycles. The summed E-state index contributed by atoms with van der Waals surface area (Å²) in [7, 11) is -4.86. The van der Waals surface area contributed by atoms with Gasteiger partial charge in [-0.25, -0.2) is 0 Å². The van der Waals surface area contributed by atoms with Gasteiger partial charge in [0, 0.05) is 0 Å². The Balaban J connectivity index is 1.51. The summed E-state index contributed by atoms with van der Waals surface area (Å²) in [5.74, 6) is 1.85. The van der Waals surface area contributed by atoms with Crippen molar-refractivity contribution >= 4 is 56.1 Å². The molecular formula is C31H30N3O5PS2. The van der Waals surface area contributed by atoms with Gasteiger partial charge in [-0.3, -0.25) is 0 Å². The number of hydroxylamine groups is 2. The molecular weight excluding hydrogens is 589 g/mol. The summed E-state index contributed by atoms with van der Waals surface area (Å²) in [6.45, 7) is -0.0497. The summed E-state index contributed by atoms with van der Waals surface area (Å²) >= 11 is 1.47. The molecule has 42 heavy (non-hydrogen) atoms. The average molecular weight is 620 g/mol. The zero-order valence-corrected chi connectivity index (χ0v) is 25.6. The Bertz CT molecular complexity index is 1660. The zero-order chi connectivity index (χ0) is 29.4. The normalized spacial score (nSPS) is 18.5. The topological polar surface area (TPSA) is 89.0 Å². The van der Waals surface area contributed by atoms with Gasteiger partial charge in [-0.2, -0.15) is 0 Å². The van der Waals surface area contributed by atoms with Crippen LogP contribution in [0, 0.1) is 0 Å². The number of thiazole rings is 1. The monoisotopic (exact) mass is 619 g/mol. The number of urea groups is 1. The van der Waals surface area contributed by atoms with Crippen LogP contribution in [0.3, 0.4) is 0 Å². The predicted octanol–water partition coefficient (Wildman–Crippen LogP) is 5.21. The first-order valence-electron chi connectivity index (χ1n) is 13.5. The molecule has 3 heterocycles. The second-order valence-corrected chi connectivity index (χ2v) is 16.7. The Morgan fingerprint density at radius 3 is 1.95 bits per heavy atom. The quantitative estimate of drug-likeness (QED) is 0.239. The summed E-state index contributed by atoms with van der Waals surface area (Å²) in [5, 5.41) is 5.62. The number of carbonyl (C=O) groups excluding carboxylic acids is 1. The molecule has 1 unspecified atom stereocenters. The third kappa shape index (κ3) is 4.51. The molecule has 4 aromatic rings. The fraction of sp³-hybridized carbons (Fsp3) is 0.161. The van der Waals surface area contributed by atoms with Crippen LogP contribution in [0.5, 0.6) is 0 Å². The second-order valence-electron chi connectivity index (χ2n) is 10.2. The first kappa shape index (κ1) is 28.5. The van der Waals surface area contributed by atoms with Crippen molar-refractivity contribution in [1.29, 1.82) is 0 Å². The Hall–Kier alpha value is -3.66. The number of amides is 2. The van der Waals surface area contributed by atoms with Gasteiger partial charge in [-0.15, -0.1) is 0 Å². The fourth-order valence-electron chi connectivity index (χ4n) is 5.91. The maximum atomic E-state index is 14.3. The van der Waals surface area contributed by atoms with E-state index in [1.807, 2.05) is 122 Å². The van der Waals surface area contributed by atoms with Crippen molar-refractivity contribution in [1.82, 2.24) is 14.9 Å². The SMILES string of the molecule is CC=CP(OS(=O)(=O)ON1C(=O)N2CC(c3nccs3)=C(C)C1C2)(c1ccccc1)(c1ccccc1)c1ccccc1. The van der Waals surface area contributed by atoms with Crippen LogP contribution >= 0.6 is 18.2 Å². The molecule has 11 heteroatoms. The van der Waals surface area contributed by atoms with Crippen LogP contribution in [-0.2, 0) is 18.7 Å². The van der Waals surface area contributed by atoms with Crippen molar-refractivity contribution in [2.24, 2.45) is 0 Å². The molecule has 1 saturated heterocycles. The Morgan fingerprint density at radius 2 is 1.48 bits per heavy atom. The van der Waals surface area contributed by atoms with E-state index in [0.717, 1.165) is 21.2 Å². The van der Waals surface area contributed by atoms with Crippen LogP contribution < -0.4 is 15.9 Å². The van der Waals surface area contributed by atoms with Crippen LogP contribution in [-0.4, -0.2) is 48.5 Å². The number of hydrogen-bond donors (Lipinski definition) is 0. The van der Waals surface area contributed by atoms with E-state index in [4.69, 9.17) is 8.25 Å². The van der Waals surface area contributed by atoms with E-state index >= 15 is 0 Å². The van der Waals surface area contributed by atoms with Gasteiger partial charge in [0.15, 0.2) is 0 Å². The molecule has 0 aliphatic carbocycles. The van der Waals surface area contributed by atoms with E-state index in [9.17, 15) is 13.2 Å².